The molecule has 0 bridgehead atoms. The van der Waals surface area contributed by atoms with Crippen LogP contribution < -0.4 is 11.1 Å². The van der Waals surface area contributed by atoms with Gasteiger partial charge in [-0.15, -0.1) is 0 Å². The fourth-order valence-electron chi connectivity index (χ4n) is 2.44. The first-order valence-corrected chi connectivity index (χ1v) is 6.31. The molecule has 1 aromatic carbocycles. The van der Waals surface area contributed by atoms with Crippen molar-refractivity contribution in [2.24, 2.45) is 11.7 Å². The molecule has 1 amide bonds. The molecule has 0 radical (unpaired) electrons. The lowest BCUT2D eigenvalue weighted by atomic mass is 10.1. The van der Waals surface area contributed by atoms with E-state index in [-0.39, 0.29) is 17.4 Å². The Balaban J connectivity index is 1.60. The van der Waals surface area contributed by atoms with Crippen molar-refractivity contribution < 1.29 is 4.79 Å². The van der Waals surface area contributed by atoms with Gasteiger partial charge in [0.05, 0.1) is 5.54 Å². The van der Waals surface area contributed by atoms with Gasteiger partial charge in [-0.3, -0.25) is 4.79 Å². The van der Waals surface area contributed by atoms with E-state index in [4.69, 9.17) is 5.73 Å². The number of carbonyl (C=O) groups excluding carboxylic acids is 1. The fourth-order valence-corrected chi connectivity index (χ4v) is 2.44. The number of hydrogen-bond acceptors (Lipinski definition) is 2. The Hall–Kier alpha value is -1.35. The van der Waals surface area contributed by atoms with Crippen LogP contribution in [0.2, 0.25) is 0 Å². The molecule has 17 heavy (non-hydrogen) atoms. The van der Waals surface area contributed by atoms with Crippen LogP contribution >= 0.6 is 0 Å². The van der Waals surface area contributed by atoms with Gasteiger partial charge >= 0.3 is 0 Å². The smallest absolute Gasteiger partial charge is 0.224 e. The second-order valence-electron chi connectivity index (χ2n) is 5.33. The van der Waals surface area contributed by atoms with Crippen LogP contribution in [0.4, 0.5) is 0 Å². The number of benzene rings is 1. The highest BCUT2D eigenvalue weighted by Gasteiger charge is 2.49. The third-order valence-corrected chi connectivity index (χ3v) is 3.99. The topological polar surface area (TPSA) is 55.1 Å². The van der Waals surface area contributed by atoms with Gasteiger partial charge in [0.1, 0.15) is 0 Å². The first-order valence-electron chi connectivity index (χ1n) is 6.31. The molecule has 2 saturated carbocycles. The van der Waals surface area contributed by atoms with Gasteiger partial charge < -0.3 is 11.1 Å². The van der Waals surface area contributed by atoms with Gasteiger partial charge in [-0.25, -0.2) is 0 Å². The molecular weight excluding hydrogens is 212 g/mol. The Labute approximate surface area is 101 Å². The van der Waals surface area contributed by atoms with E-state index in [1.54, 1.807) is 0 Å². The molecule has 3 heteroatoms. The van der Waals surface area contributed by atoms with Crippen molar-refractivity contribution in [3.05, 3.63) is 35.9 Å². The zero-order valence-electron chi connectivity index (χ0n) is 9.86. The molecular formula is C14H18N2O. The third kappa shape index (κ3) is 2.07. The molecule has 2 aliphatic carbocycles. The second kappa shape index (κ2) is 3.84. The number of carbonyl (C=O) groups is 1. The van der Waals surface area contributed by atoms with Crippen LogP contribution in [0, 0.1) is 5.92 Å². The fraction of sp³-hybridized carbons (Fsp3) is 0.500. The average Bonchev–Trinajstić information content (AvgIpc) is 3.25. The number of hydrogen-bond donors (Lipinski definition) is 2. The Morgan fingerprint density at radius 3 is 2.65 bits per heavy atom. The molecule has 0 saturated heterocycles. The molecule has 2 fully saturated rings. The summed E-state index contributed by atoms with van der Waals surface area (Å²) in [7, 11) is 0. The zero-order valence-corrected chi connectivity index (χ0v) is 9.86. The van der Waals surface area contributed by atoms with E-state index in [1.807, 2.05) is 18.2 Å². The van der Waals surface area contributed by atoms with Gasteiger partial charge in [0.2, 0.25) is 5.91 Å². The standard InChI is InChI=1S/C14H18N2O/c15-9-14(6-7-14)16-13(17)12-8-11(12)10-4-2-1-3-5-10/h1-5,11-12H,6-9,15H2,(H,16,17). The van der Waals surface area contributed by atoms with E-state index in [2.05, 4.69) is 17.4 Å². The van der Waals surface area contributed by atoms with E-state index in [1.165, 1.54) is 5.56 Å². The van der Waals surface area contributed by atoms with Crippen LogP contribution in [0.25, 0.3) is 0 Å². The van der Waals surface area contributed by atoms with Crippen molar-refractivity contribution in [3.8, 4) is 0 Å². The maximum absolute atomic E-state index is 12.0. The Bertz CT molecular complexity index is 425. The van der Waals surface area contributed by atoms with Gasteiger partial charge in [0, 0.05) is 12.5 Å². The summed E-state index contributed by atoms with van der Waals surface area (Å²) in [4.78, 5) is 12.0. The van der Waals surface area contributed by atoms with Gasteiger partial charge in [-0.2, -0.15) is 0 Å². The second-order valence-corrected chi connectivity index (χ2v) is 5.33. The molecule has 3 nitrogen and oxygen atoms in total. The van der Waals surface area contributed by atoms with Crippen LogP contribution in [-0.4, -0.2) is 18.0 Å². The van der Waals surface area contributed by atoms with Crippen molar-refractivity contribution in [2.75, 3.05) is 6.54 Å². The summed E-state index contributed by atoms with van der Waals surface area (Å²) >= 11 is 0. The minimum absolute atomic E-state index is 0.0547. The highest BCUT2D eigenvalue weighted by atomic mass is 16.2. The van der Waals surface area contributed by atoms with Crippen LogP contribution in [0.5, 0.6) is 0 Å². The van der Waals surface area contributed by atoms with Crippen molar-refractivity contribution in [1.29, 1.82) is 0 Å². The molecule has 3 N–H and O–H groups in total. The lowest BCUT2D eigenvalue weighted by molar-refractivity contribution is -0.123. The van der Waals surface area contributed by atoms with E-state index in [9.17, 15) is 4.79 Å². The third-order valence-electron chi connectivity index (χ3n) is 3.99. The van der Waals surface area contributed by atoms with Crippen molar-refractivity contribution in [2.45, 2.75) is 30.7 Å². The lowest BCUT2D eigenvalue weighted by Gasteiger charge is -2.14. The zero-order chi connectivity index (χ0) is 11.9. The number of nitrogens with one attached hydrogen (secondary N) is 1. The molecule has 3 rings (SSSR count). The molecule has 2 atom stereocenters. The molecule has 0 spiro atoms. The number of nitrogens with two attached hydrogens (primary N) is 1. The normalized spacial score (nSPS) is 28.5. The van der Waals surface area contributed by atoms with E-state index >= 15 is 0 Å². The first kappa shape index (κ1) is 10.8. The average molecular weight is 230 g/mol. The first-order chi connectivity index (χ1) is 8.24. The summed E-state index contributed by atoms with van der Waals surface area (Å²) in [5, 5.41) is 3.11. The molecule has 0 aliphatic heterocycles. The minimum atomic E-state index is -0.0547. The maximum Gasteiger partial charge on any atom is 0.224 e. The van der Waals surface area contributed by atoms with E-state index in [0.29, 0.717) is 12.5 Å². The monoisotopic (exact) mass is 230 g/mol. The molecule has 2 aliphatic rings. The van der Waals surface area contributed by atoms with Crippen LogP contribution in [0.15, 0.2) is 30.3 Å². The highest BCUT2D eigenvalue weighted by molar-refractivity contribution is 5.84. The van der Waals surface area contributed by atoms with Crippen molar-refractivity contribution in [3.63, 3.8) is 0 Å². The number of amides is 1. The Morgan fingerprint density at radius 1 is 1.35 bits per heavy atom. The highest BCUT2D eigenvalue weighted by Crippen LogP contribution is 2.48. The van der Waals surface area contributed by atoms with Gasteiger partial charge in [-0.1, -0.05) is 30.3 Å². The Morgan fingerprint density at radius 2 is 2.06 bits per heavy atom. The summed E-state index contributed by atoms with van der Waals surface area (Å²) in [6.45, 7) is 0.571. The molecule has 2 unspecified atom stereocenters. The predicted octanol–water partition coefficient (Wildman–Crippen LogP) is 1.40. The summed E-state index contributed by atoms with van der Waals surface area (Å²) < 4.78 is 0. The van der Waals surface area contributed by atoms with Crippen LogP contribution in [-0.2, 0) is 4.79 Å². The summed E-state index contributed by atoms with van der Waals surface area (Å²) in [6.07, 6.45) is 3.06. The molecule has 0 heterocycles. The quantitative estimate of drug-likeness (QED) is 0.821. The van der Waals surface area contributed by atoms with Crippen LogP contribution in [0.1, 0.15) is 30.7 Å². The summed E-state index contributed by atoms with van der Waals surface area (Å²) in [5.74, 6) is 0.785. The summed E-state index contributed by atoms with van der Waals surface area (Å²) in [6, 6.07) is 10.3. The Kier molecular flexibility index (Phi) is 2.44. The van der Waals surface area contributed by atoms with Gasteiger partial charge in [0.25, 0.3) is 0 Å². The van der Waals surface area contributed by atoms with Crippen molar-refractivity contribution in [1.82, 2.24) is 5.32 Å². The summed E-state index contributed by atoms with van der Waals surface area (Å²) in [5.41, 5.74) is 6.90. The minimum Gasteiger partial charge on any atom is -0.349 e. The molecule has 0 aromatic heterocycles. The maximum atomic E-state index is 12.0. The largest absolute Gasteiger partial charge is 0.349 e. The predicted molar refractivity (Wildman–Crippen MR) is 66.5 cm³/mol. The van der Waals surface area contributed by atoms with E-state index < -0.39 is 0 Å². The van der Waals surface area contributed by atoms with Crippen molar-refractivity contribution >= 4 is 5.91 Å². The van der Waals surface area contributed by atoms with Gasteiger partial charge in [-0.05, 0) is 30.7 Å². The number of rotatable bonds is 4. The lowest BCUT2D eigenvalue weighted by Crippen LogP contribution is -2.43. The van der Waals surface area contributed by atoms with Gasteiger partial charge in [0.15, 0.2) is 0 Å². The molecule has 1 aromatic rings. The SMILES string of the molecule is NCC1(NC(=O)C2CC2c2ccccc2)CC1. The van der Waals surface area contributed by atoms with Crippen LogP contribution in [0.3, 0.4) is 0 Å². The van der Waals surface area contributed by atoms with E-state index in [0.717, 1.165) is 19.3 Å². The molecule has 90 valence electrons.